The normalized spacial score (nSPS) is 10.3. The average molecular weight is 319 g/mol. The Morgan fingerprint density at radius 1 is 1.16 bits per heavy atom. The Labute approximate surface area is 121 Å². The summed E-state index contributed by atoms with van der Waals surface area (Å²) in [7, 11) is 0. The summed E-state index contributed by atoms with van der Waals surface area (Å²) in [5.41, 5.74) is 9.76. The molecule has 0 aromatic heterocycles. The molecule has 0 saturated carbocycles. The molecule has 2 aromatic carbocycles. The lowest BCUT2D eigenvalue weighted by Crippen LogP contribution is -2.13. The molecule has 0 aliphatic rings. The van der Waals surface area contributed by atoms with Crippen molar-refractivity contribution in [1.29, 1.82) is 0 Å². The third-order valence-electron chi connectivity index (χ3n) is 2.87. The fourth-order valence-electron chi connectivity index (χ4n) is 1.83. The van der Waals surface area contributed by atoms with Crippen LogP contribution in [0.2, 0.25) is 0 Å². The van der Waals surface area contributed by atoms with Gasteiger partial charge < -0.3 is 11.1 Å². The van der Waals surface area contributed by atoms with Crippen molar-refractivity contribution in [3.8, 4) is 0 Å². The van der Waals surface area contributed by atoms with Crippen LogP contribution in [0.25, 0.3) is 0 Å². The highest BCUT2D eigenvalue weighted by Crippen LogP contribution is 2.22. The molecular weight excluding hydrogens is 304 g/mol. The molecule has 0 atom stereocenters. The lowest BCUT2D eigenvalue weighted by atomic mass is 10.1. The highest BCUT2D eigenvalue weighted by Gasteiger charge is 2.11. The molecule has 3 nitrogen and oxygen atoms in total. The molecule has 0 aliphatic heterocycles. The number of anilines is 2. The van der Waals surface area contributed by atoms with E-state index in [4.69, 9.17) is 5.73 Å². The summed E-state index contributed by atoms with van der Waals surface area (Å²) in [6.07, 6.45) is 0. The molecule has 0 radical (unpaired) electrons. The first kappa shape index (κ1) is 13.6. The Morgan fingerprint density at radius 2 is 1.89 bits per heavy atom. The largest absolute Gasteiger partial charge is 0.399 e. The zero-order chi connectivity index (χ0) is 14.0. The molecule has 3 N–H and O–H groups in total. The van der Waals surface area contributed by atoms with Crippen LogP contribution in [0.1, 0.15) is 21.5 Å². The van der Waals surface area contributed by atoms with Crippen molar-refractivity contribution in [3.63, 3.8) is 0 Å². The van der Waals surface area contributed by atoms with E-state index >= 15 is 0 Å². The van der Waals surface area contributed by atoms with Crippen molar-refractivity contribution < 1.29 is 4.79 Å². The van der Waals surface area contributed by atoms with Gasteiger partial charge in [-0.05, 0) is 65.7 Å². The maximum Gasteiger partial charge on any atom is 0.256 e. The molecule has 0 aliphatic carbocycles. The van der Waals surface area contributed by atoms with Crippen molar-refractivity contribution in [3.05, 3.63) is 57.6 Å². The van der Waals surface area contributed by atoms with Crippen LogP contribution in [0.3, 0.4) is 0 Å². The Morgan fingerprint density at radius 3 is 2.58 bits per heavy atom. The summed E-state index contributed by atoms with van der Waals surface area (Å²) in [5.74, 6) is -0.136. The molecule has 0 saturated heterocycles. The standard InChI is InChI=1S/C15H15BrN2O/c1-9-3-5-13(16)12(7-9)15(19)18-14-6-4-11(17)8-10(14)2/h3-8H,17H2,1-2H3,(H,18,19). The number of amides is 1. The summed E-state index contributed by atoms with van der Waals surface area (Å²) in [6.45, 7) is 3.87. The number of hydrogen-bond donors (Lipinski definition) is 2. The van der Waals surface area contributed by atoms with Gasteiger partial charge in [0.1, 0.15) is 0 Å². The lowest BCUT2D eigenvalue weighted by molar-refractivity contribution is 0.102. The number of rotatable bonds is 2. The van der Waals surface area contributed by atoms with E-state index < -0.39 is 0 Å². The summed E-state index contributed by atoms with van der Waals surface area (Å²) >= 11 is 3.39. The summed E-state index contributed by atoms with van der Waals surface area (Å²) in [6, 6.07) is 11.1. The number of aryl methyl sites for hydroxylation is 2. The van der Waals surface area contributed by atoms with Crippen molar-refractivity contribution >= 4 is 33.2 Å². The van der Waals surface area contributed by atoms with Crippen LogP contribution in [0, 0.1) is 13.8 Å². The molecule has 2 aromatic rings. The smallest absolute Gasteiger partial charge is 0.256 e. The van der Waals surface area contributed by atoms with Gasteiger partial charge in [0.05, 0.1) is 5.56 Å². The highest BCUT2D eigenvalue weighted by molar-refractivity contribution is 9.10. The van der Waals surface area contributed by atoms with Crippen LogP contribution in [0.5, 0.6) is 0 Å². The Balaban J connectivity index is 2.28. The SMILES string of the molecule is Cc1ccc(Br)c(C(=O)Nc2ccc(N)cc2C)c1. The topological polar surface area (TPSA) is 55.1 Å². The van der Waals surface area contributed by atoms with Gasteiger partial charge in [0.25, 0.3) is 5.91 Å². The van der Waals surface area contributed by atoms with Crippen molar-refractivity contribution in [2.24, 2.45) is 0 Å². The van der Waals surface area contributed by atoms with Gasteiger partial charge >= 0.3 is 0 Å². The highest BCUT2D eigenvalue weighted by atomic mass is 79.9. The van der Waals surface area contributed by atoms with Gasteiger partial charge in [-0.1, -0.05) is 11.6 Å². The van der Waals surface area contributed by atoms with E-state index in [0.717, 1.165) is 21.3 Å². The predicted octanol–water partition coefficient (Wildman–Crippen LogP) is 3.90. The molecule has 98 valence electrons. The van der Waals surface area contributed by atoms with Crippen LogP contribution < -0.4 is 11.1 Å². The molecule has 0 bridgehead atoms. The molecule has 4 heteroatoms. The van der Waals surface area contributed by atoms with Gasteiger partial charge in [0, 0.05) is 15.8 Å². The fourth-order valence-corrected chi connectivity index (χ4v) is 2.26. The van der Waals surface area contributed by atoms with E-state index in [2.05, 4.69) is 21.2 Å². The first-order chi connectivity index (χ1) is 8.97. The number of nitrogens with two attached hydrogens (primary N) is 1. The van der Waals surface area contributed by atoms with Gasteiger partial charge in [-0.3, -0.25) is 4.79 Å². The minimum absolute atomic E-state index is 0.136. The lowest BCUT2D eigenvalue weighted by Gasteiger charge is -2.10. The Hall–Kier alpha value is -1.81. The number of carbonyl (C=O) groups excluding carboxylic acids is 1. The molecule has 19 heavy (non-hydrogen) atoms. The molecule has 0 fully saturated rings. The van der Waals surface area contributed by atoms with Crippen LogP contribution in [0.4, 0.5) is 11.4 Å². The fraction of sp³-hybridized carbons (Fsp3) is 0.133. The molecule has 1 amide bonds. The molecule has 0 unspecified atom stereocenters. The van der Waals surface area contributed by atoms with E-state index in [-0.39, 0.29) is 5.91 Å². The molecule has 2 rings (SSSR count). The second-order valence-electron chi connectivity index (χ2n) is 4.51. The van der Waals surface area contributed by atoms with Crippen molar-refractivity contribution in [1.82, 2.24) is 0 Å². The van der Waals surface area contributed by atoms with Gasteiger partial charge in [-0.15, -0.1) is 0 Å². The number of benzene rings is 2. The van der Waals surface area contributed by atoms with Crippen LogP contribution in [0.15, 0.2) is 40.9 Å². The number of nitrogen functional groups attached to an aromatic ring is 1. The predicted molar refractivity (Wildman–Crippen MR) is 82.4 cm³/mol. The van der Waals surface area contributed by atoms with Crippen LogP contribution in [-0.2, 0) is 0 Å². The zero-order valence-corrected chi connectivity index (χ0v) is 12.4. The quantitative estimate of drug-likeness (QED) is 0.825. The third-order valence-corrected chi connectivity index (χ3v) is 3.56. The van der Waals surface area contributed by atoms with Gasteiger partial charge in [0.2, 0.25) is 0 Å². The average Bonchev–Trinajstić information content (AvgIpc) is 2.35. The third kappa shape index (κ3) is 3.15. The number of halogens is 1. The first-order valence-electron chi connectivity index (χ1n) is 5.91. The number of nitrogens with one attached hydrogen (secondary N) is 1. The van der Waals surface area contributed by atoms with E-state index in [1.165, 1.54) is 0 Å². The second kappa shape index (κ2) is 5.45. The summed E-state index contributed by atoms with van der Waals surface area (Å²) < 4.78 is 0.781. The second-order valence-corrected chi connectivity index (χ2v) is 5.37. The minimum Gasteiger partial charge on any atom is -0.399 e. The number of hydrogen-bond acceptors (Lipinski definition) is 2. The van der Waals surface area contributed by atoms with E-state index in [1.807, 2.05) is 44.2 Å². The van der Waals surface area contributed by atoms with E-state index in [9.17, 15) is 4.79 Å². The first-order valence-corrected chi connectivity index (χ1v) is 6.70. The van der Waals surface area contributed by atoms with E-state index in [0.29, 0.717) is 11.3 Å². The van der Waals surface area contributed by atoms with Crippen LogP contribution in [-0.4, -0.2) is 5.91 Å². The van der Waals surface area contributed by atoms with Gasteiger partial charge in [-0.2, -0.15) is 0 Å². The van der Waals surface area contributed by atoms with Crippen molar-refractivity contribution in [2.45, 2.75) is 13.8 Å². The maximum atomic E-state index is 12.3. The number of carbonyl (C=O) groups is 1. The maximum absolute atomic E-state index is 12.3. The Bertz CT molecular complexity index is 638. The van der Waals surface area contributed by atoms with Crippen molar-refractivity contribution in [2.75, 3.05) is 11.1 Å². The Kier molecular flexibility index (Phi) is 3.90. The van der Waals surface area contributed by atoms with Gasteiger partial charge in [0.15, 0.2) is 0 Å². The monoisotopic (exact) mass is 318 g/mol. The van der Waals surface area contributed by atoms with Crippen LogP contribution >= 0.6 is 15.9 Å². The summed E-state index contributed by atoms with van der Waals surface area (Å²) in [5, 5.41) is 2.90. The summed E-state index contributed by atoms with van der Waals surface area (Å²) in [4.78, 5) is 12.3. The zero-order valence-electron chi connectivity index (χ0n) is 10.8. The molecular formula is C15H15BrN2O. The molecule has 0 heterocycles. The van der Waals surface area contributed by atoms with E-state index in [1.54, 1.807) is 6.07 Å². The van der Waals surface area contributed by atoms with Gasteiger partial charge in [-0.25, -0.2) is 0 Å². The molecule has 0 spiro atoms. The minimum atomic E-state index is -0.136.